The Morgan fingerprint density at radius 1 is 1.46 bits per heavy atom. The molecule has 0 aromatic heterocycles. The van der Waals surface area contributed by atoms with Crippen molar-refractivity contribution in [2.24, 2.45) is 0 Å². The van der Waals surface area contributed by atoms with E-state index in [2.05, 4.69) is 0 Å². The Bertz CT molecular complexity index is 786. The van der Waals surface area contributed by atoms with Crippen molar-refractivity contribution >= 4 is 16.0 Å². The van der Waals surface area contributed by atoms with Gasteiger partial charge in [-0.15, -0.1) is 0 Å². The van der Waals surface area contributed by atoms with E-state index in [1.807, 2.05) is 6.92 Å². The zero-order valence-corrected chi connectivity index (χ0v) is 15.6. The van der Waals surface area contributed by atoms with Gasteiger partial charge in [-0.1, -0.05) is 0 Å². The molecule has 8 nitrogen and oxygen atoms in total. The highest BCUT2D eigenvalue weighted by Gasteiger charge is 2.46. The minimum atomic E-state index is -3.88. The molecule has 1 spiro atoms. The number of rotatable bonds is 5. The molecule has 2 fully saturated rings. The van der Waals surface area contributed by atoms with E-state index in [0.717, 1.165) is 0 Å². The van der Waals surface area contributed by atoms with Crippen molar-refractivity contribution in [1.82, 2.24) is 4.31 Å². The van der Waals surface area contributed by atoms with Crippen molar-refractivity contribution in [2.45, 2.75) is 36.4 Å². The SMILES string of the molecule is COc1ccc(S(=O)(=O)N2CC(C)OC3(CCOC3)C2)c(CC(=O)O)c1. The number of hydrogen-bond donors (Lipinski definition) is 1. The summed E-state index contributed by atoms with van der Waals surface area (Å²) in [7, 11) is -2.43. The van der Waals surface area contributed by atoms with Crippen molar-refractivity contribution in [3.63, 3.8) is 0 Å². The van der Waals surface area contributed by atoms with Crippen LogP contribution in [0.5, 0.6) is 5.75 Å². The van der Waals surface area contributed by atoms with Crippen molar-refractivity contribution in [1.29, 1.82) is 0 Å². The summed E-state index contributed by atoms with van der Waals surface area (Å²) >= 11 is 0. The molecule has 0 radical (unpaired) electrons. The van der Waals surface area contributed by atoms with Crippen LogP contribution in [0, 0.1) is 0 Å². The molecule has 2 heterocycles. The quantitative estimate of drug-likeness (QED) is 0.803. The Balaban J connectivity index is 1.97. The lowest BCUT2D eigenvalue weighted by Crippen LogP contribution is -2.56. The summed E-state index contributed by atoms with van der Waals surface area (Å²) in [4.78, 5) is 11.2. The number of benzene rings is 1. The second-order valence-electron chi connectivity index (χ2n) is 6.76. The fourth-order valence-electron chi connectivity index (χ4n) is 3.54. The average molecular weight is 385 g/mol. The Morgan fingerprint density at radius 2 is 2.23 bits per heavy atom. The van der Waals surface area contributed by atoms with Crippen LogP contribution in [-0.4, -0.2) is 68.9 Å². The van der Waals surface area contributed by atoms with Crippen LogP contribution in [0.2, 0.25) is 0 Å². The lowest BCUT2D eigenvalue weighted by Gasteiger charge is -2.42. The normalized spacial score (nSPS) is 26.9. The van der Waals surface area contributed by atoms with E-state index in [1.54, 1.807) is 0 Å². The molecule has 144 valence electrons. The number of carboxylic acids is 1. The molecule has 0 saturated carbocycles. The number of carbonyl (C=O) groups is 1. The van der Waals surface area contributed by atoms with E-state index >= 15 is 0 Å². The molecule has 0 aliphatic carbocycles. The summed E-state index contributed by atoms with van der Waals surface area (Å²) in [6, 6.07) is 4.39. The average Bonchev–Trinajstić information content (AvgIpc) is 3.00. The van der Waals surface area contributed by atoms with Crippen LogP contribution in [0.25, 0.3) is 0 Å². The van der Waals surface area contributed by atoms with E-state index in [0.29, 0.717) is 25.4 Å². The zero-order chi connectivity index (χ0) is 18.9. The third kappa shape index (κ3) is 3.71. The van der Waals surface area contributed by atoms with E-state index in [4.69, 9.17) is 19.3 Å². The molecule has 1 N–H and O–H groups in total. The maximum absolute atomic E-state index is 13.3. The maximum atomic E-state index is 13.3. The standard InChI is InChI=1S/C17H23NO7S/c1-12-9-18(10-17(25-12)5-6-24-11-17)26(21,22)15-4-3-14(23-2)7-13(15)8-16(19)20/h3-4,7,12H,5-6,8-11H2,1-2H3,(H,19,20). The van der Waals surface area contributed by atoms with Gasteiger partial charge in [-0.25, -0.2) is 8.42 Å². The minimum absolute atomic E-state index is 0.0103. The molecule has 2 atom stereocenters. The number of hydrogen-bond acceptors (Lipinski definition) is 6. The Hall–Kier alpha value is -1.68. The third-order valence-electron chi connectivity index (χ3n) is 4.67. The number of aliphatic carboxylic acids is 1. The monoisotopic (exact) mass is 385 g/mol. The molecule has 0 amide bonds. The van der Waals surface area contributed by atoms with E-state index < -0.39 is 28.0 Å². The molecule has 9 heteroatoms. The Morgan fingerprint density at radius 3 is 2.85 bits per heavy atom. The number of carboxylic acid groups (broad SMARTS) is 1. The molecular weight excluding hydrogens is 362 g/mol. The summed E-state index contributed by atoms with van der Waals surface area (Å²) in [6.07, 6.45) is -0.0465. The Kier molecular flexibility index (Phi) is 5.25. The molecule has 3 rings (SSSR count). The van der Waals surface area contributed by atoms with Gasteiger partial charge in [0.1, 0.15) is 11.4 Å². The lowest BCUT2D eigenvalue weighted by atomic mass is 10.0. The highest BCUT2D eigenvalue weighted by Crippen LogP contribution is 2.34. The van der Waals surface area contributed by atoms with E-state index in [1.165, 1.54) is 29.6 Å². The molecule has 2 aliphatic rings. The first-order chi connectivity index (χ1) is 12.3. The van der Waals surface area contributed by atoms with Crippen molar-refractivity contribution in [3.8, 4) is 5.75 Å². The van der Waals surface area contributed by atoms with Gasteiger partial charge in [-0.3, -0.25) is 4.79 Å². The molecule has 1 aromatic rings. The van der Waals surface area contributed by atoms with Crippen LogP contribution in [0.3, 0.4) is 0 Å². The summed E-state index contributed by atoms with van der Waals surface area (Å²) in [6.45, 7) is 3.12. The first-order valence-corrected chi connectivity index (χ1v) is 9.84. The van der Waals surface area contributed by atoms with Crippen LogP contribution >= 0.6 is 0 Å². The fourth-order valence-corrected chi connectivity index (χ4v) is 5.33. The number of sulfonamides is 1. The van der Waals surface area contributed by atoms with Crippen LogP contribution in [-0.2, 0) is 30.7 Å². The second kappa shape index (κ2) is 7.15. The van der Waals surface area contributed by atoms with Gasteiger partial charge in [0.2, 0.25) is 10.0 Å². The Labute approximate surface area is 152 Å². The fraction of sp³-hybridized carbons (Fsp3) is 0.588. The summed E-state index contributed by atoms with van der Waals surface area (Å²) in [5.74, 6) is -0.693. The predicted octanol–water partition coefficient (Wildman–Crippen LogP) is 0.891. The van der Waals surface area contributed by atoms with Gasteiger partial charge < -0.3 is 19.3 Å². The first-order valence-electron chi connectivity index (χ1n) is 8.40. The number of morpholine rings is 1. The zero-order valence-electron chi connectivity index (χ0n) is 14.8. The predicted molar refractivity (Wildman–Crippen MR) is 91.8 cm³/mol. The topological polar surface area (TPSA) is 102 Å². The van der Waals surface area contributed by atoms with Gasteiger partial charge >= 0.3 is 5.97 Å². The molecule has 1 aromatic carbocycles. The highest BCUT2D eigenvalue weighted by molar-refractivity contribution is 7.89. The summed E-state index contributed by atoms with van der Waals surface area (Å²) in [5.41, 5.74) is -0.433. The van der Waals surface area contributed by atoms with Crippen LogP contribution in [0.1, 0.15) is 18.9 Å². The number of nitrogens with zero attached hydrogens (tertiary/aromatic N) is 1. The van der Waals surface area contributed by atoms with E-state index in [9.17, 15) is 13.2 Å². The van der Waals surface area contributed by atoms with Crippen molar-refractivity contribution in [3.05, 3.63) is 23.8 Å². The van der Waals surface area contributed by atoms with Gasteiger partial charge in [0, 0.05) is 26.1 Å². The van der Waals surface area contributed by atoms with Crippen LogP contribution < -0.4 is 4.74 Å². The summed E-state index contributed by atoms with van der Waals surface area (Å²) in [5, 5.41) is 9.15. The molecular formula is C17H23NO7S. The van der Waals surface area contributed by atoms with Gasteiger partial charge in [0.05, 0.1) is 31.1 Å². The maximum Gasteiger partial charge on any atom is 0.307 e. The van der Waals surface area contributed by atoms with Gasteiger partial charge in [0.15, 0.2) is 0 Å². The van der Waals surface area contributed by atoms with Gasteiger partial charge in [-0.05, 0) is 30.7 Å². The third-order valence-corrected chi connectivity index (χ3v) is 6.58. The van der Waals surface area contributed by atoms with Crippen molar-refractivity contribution in [2.75, 3.05) is 33.4 Å². The largest absolute Gasteiger partial charge is 0.497 e. The molecule has 0 bridgehead atoms. The lowest BCUT2D eigenvalue weighted by molar-refractivity contribution is -0.136. The van der Waals surface area contributed by atoms with Gasteiger partial charge in [-0.2, -0.15) is 4.31 Å². The smallest absolute Gasteiger partial charge is 0.307 e. The number of ether oxygens (including phenoxy) is 3. The molecule has 26 heavy (non-hydrogen) atoms. The first kappa shape index (κ1) is 19.1. The molecule has 2 saturated heterocycles. The minimum Gasteiger partial charge on any atom is -0.497 e. The van der Waals surface area contributed by atoms with Crippen LogP contribution in [0.15, 0.2) is 23.1 Å². The number of methoxy groups -OCH3 is 1. The van der Waals surface area contributed by atoms with E-state index in [-0.39, 0.29) is 29.7 Å². The molecule has 2 aliphatic heterocycles. The van der Waals surface area contributed by atoms with Gasteiger partial charge in [0.25, 0.3) is 0 Å². The molecule has 2 unspecified atom stereocenters. The van der Waals surface area contributed by atoms with Crippen molar-refractivity contribution < 1.29 is 32.5 Å². The highest BCUT2D eigenvalue weighted by atomic mass is 32.2. The summed E-state index contributed by atoms with van der Waals surface area (Å²) < 4.78 is 44.4. The van der Waals surface area contributed by atoms with Crippen LogP contribution in [0.4, 0.5) is 0 Å². The second-order valence-corrected chi connectivity index (χ2v) is 8.66.